The van der Waals surface area contributed by atoms with E-state index in [9.17, 15) is 8.78 Å². The van der Waals surface area contributed by atoms with Crippen molar-refractivity contribution in [2.75, 3.05) is 23.8 Å². The first kappa shape index (κ1) is 13.1. The summed E-state index contributed by atoms with van der Waals surface area (Å²) in [7, 11) is 1.81. The highest BCUT2D eigenvalue weighted by atomic mass is 19.1. The third-order valence-electron chi connectivity index (χ3n) is 3.50. The van der Waals surface area contributed by atoms with Crippen LogP contribution in [0.2, 0.25) is 0 Å². The second-order valence-corrected chi connectivity index (χ2v) is 4.84. The second kappa shape index (κ2) is 5.08. The standard InChI is InChI=1S/C13H19F2N3/c1-4-16-12-10(14)7-11(15)13(17-12)18(3)8(2)9-5-6-9/h7-9H,4-6H2,1-3H3,(H,16,17). The van der Waals surface area contributed by atoms with Crippen LogP contribution in [0.5, 0.6) is 0 Å². The van der Waals surface area contributed by atoms with Crippen LogP contribution < -0.4 is 10.2 Å². The van der Waals surface area contributed by atoms with Gasteiger partial charge in [-0.3, -0.25) is 0 Å². The topological polar surface area (TPSA) is 28.2 Å². The third kappa shape index (κ3) is 2.54. The first-order valence-corrected chi connectivity index (χ1v) is 6.37. The fourth-order valence-corrected chi connectivity index (χ4v) is 2.08. The Bertz CT molecular complexity index is 432. The third-order valence-corrected chi connectivity index (χ3v) is 3.50. The van der Waals surface area contributed by atoms with Crippen LogP contribution in [0.4, 0.5) is 20.4 Å². The molecule has 1 fully saturated rings. The summed E-state index contributed by atoms with van der Waals surface area (Å²) in [6.45, 7) is 4.45. The second-order valence-electron chi connectivity index (χ2n) is 4.84. The van der Waals surface area contributed by atoms with Gasteiger partial charge in [0.15, 0.2) is 23.3 Å². The number of nitrogens with one attached hydrogen (secondary N) is 1. The van der Waals surface area contributed by atoms with E-state index in [1.54, 1.807) is 4.90 Å². The molecule has 100 valence electrons. The Morgan fingerprint density at radius 2 is 2.11 bits per heavy atom. The highest BCUT2D eigenvalue weighted by Gasteiger charge is 2.32. The Hall–Kier alpha value is -1.39. The van der Waals surface area contributed by atoms with E-state index in [1.807, 2.05) is 14.0 Å². The van der Waals surface area contributed by atoms with Crippen molar-refractivity contribution >= 4 is 11.6 Å². The number of hydrogen-bond donors (Lipinski definition) is 1. The average molecular weight is 255 g/mol. The van der Waals surface area contributed by atoms with Crippen LogP contribution in [-0.2, 0) is 0 Å². The molecule has 0 radical (unpaired) electrons. The predicted molar refractivity (Wildman–Crippen MR) is 68.9 cm³/mol. The van der Waals surface area contributed by atoms with E-state index in [0.29, 0.717) is 12.5 Å². The SMILES string of the molecule is CCNc1nc(N(C)C(C)C2CC2)c(F)cc1F. The van der Waals surface area contributed by atoms with Crippen LogP contribution in [0, 0.1) is 17.6 Å². The van der Waals surface area contributed by atoms with Crippen LogP contribution in [0.25, 0.3) is 0 Å². The van der Waals surface area contributed by atoms with Gasteiger partial charge >= 0.3 is 0 Å². The number of pyridine rings is 1. The van der Waals surface area contributed by atoms with Crippen LogP contribution >= 0.6 is 0 Å². The Morgan fingerprint density at radius 1 is 1.44 bits per heavy atom. The van der Waals surface area contributed by atoms with E-state index < -0.39 is 11.6 Å². The maximum Gasteiger partial charge on any atom is 0.168 e. The van der Waals surface area contributed by atoms with E-state index in [1.165, 1.54) is 12.8 Å². The summed E-state index contributed by atoms with van der Waals surface area (Å²) in [5.74, 6) is -0.325. The van der Waals surface area contributed by atoms with Crippen molar-refractivity contribution in [3.63, 3.8) is 0 Å². The molecule has 1 saturated carbocycles. The van der Waals surface area contributed by atoms with Crippen molar-refractivity contribution in [2.24, 2.45) is 5.92 Å². The minimum atomic E-state index is -0.648. The monoisotopic (exact) mass is 255 g/mol. The average Bonchev–Trinajstić information content (AvgIpc) is 3.15. The lowest BCUT2D eigenvalue weighted by molar-refractivity contribution is 0.549. The Balaban J connectivity index is 2.27. The molecule has 18 heavy (non-hydrogen) atoms. The molecule has 1 aliphatic carbocycles. The quantitative estimate of drug-likeness (QED) is 0.876. The van der Waals surface area contributed by atoms with E-state index in [-0.39, 0.29) is 17.7 Å². The fourth-order valence-electron chi connectivity index (χ4n) is 2.08. The normalized spacial score (nSPS) is 16.5. The summed E-state index contributed by atoms with van der Waals surface area (Å²) in [6.07, 6.45) is 2.35. The smallest absolute Gasteiger partial charge is 0.168 e. The molecule has 3 nitrogen and oxygen atoms in total. The zero-order valence-electron chi connectivity index (χ0n) is 11.0. The molecule has 0 bridgehead atoms. The minimum absolute atomic E-state index is 0.115. The molecule has 1 aromatic rings. The Morgan fingerprint density at radius 3 is 2.67 bits per heavy atom. The lowest BCUT2D eigenvalue weighted by Gasteiger charge is -2.26. The molecule has 1 aromatic heterocycles. The van der Waals surface area contributed by atoms with Gasteiger partial charge in [-0.05, 0) is 32.6 Å². The number of nitrogens with zero attached hydrogens (tertiary/aromatic N) is 2. The van der Waals surface area contributed by atoms with Gasteiger partial charge in [0.2, 0.25) is 0 Å². The molecule has 1 aliphatic rings. The van der Waals surface area contributed by atoms with Crippen molar-refractivity contribution in [1.82, 2.24) is 4.98 Å². The van der Waals surface area contributed by atoms with Crippen LogP contribution in [0.15, 0.2) is 6.07 Å². The van der Waals surface area contributed by atoms with E-state index in [0.717, 1.165) is 6.07 Å². The molecule has 1 atom stereocenters. The van der Waals surface area contributed by atoms with E-state index >= 15 is 0 Å². The summed E-state index contributed by atoms with van der Waals surface area (Å²) < 4.78 is 27.3. The summed E-state index contributed by atoms with van der Waals surface area (Å²) in [5.41, 5.74) is 0. The zero-order valence-corrected chi connectivity index (χ0v) is 11.0. The Labute approximate surface area is 106 Å². The molecule has 0 aliphatic heterocycles. The molecule has 1 heterocycles. The van der Waals surface area contributed by atoms with Gasteiger partial charge in [0.25, 0.3) is 0 Å². The number of hydrogen-bond acceptors (Lipinski definition) is 3. The van der Waals surface area contributed by atoms with Crippen molar-refractivity contribution < 1.29 is 8.78 Å². The molecule has 0 amide bonds. The molecule has 1 unspecified atom stereocenters. The highest BCUT2D eigenvalue weighted by Crippen LogP contribution is 2.36. The van der Waals surface area contributed by atoms with Gasteiger partial charge in [-0.2, -0.15) is 0 Å². The number of halogens is 2. The van der Waals surface area contributed by atoms with Gasteiger partial charge in [-0.25, -0.2) is 13.8 Å². The van der Waals surface area contributed by atoms with Crippen molar-refractivity contribution in [3.8, 4) is 0 Å². The number of rotatable bonds is 5. The van der Waals surface area contributed by atoms with Crippen molar-refractivity contribution in [3.05, 3.63) is 17.7 Å². The summed E-state index contributed by atoms with van der Waals surface area (Å²) in [6, 6.07) is 1.13. The van der Waals surface area contributed by atoms with Gasteiger partial charge in [-0.15, -0.1) is 0 Å². The van der Waals surface area contributed by atoms with E-state index in [4.69, 9.17) is 0 Å². The molecule has 2 rings (SSSR count). The van der Waals surface area contributed by atoms with Gasteiger partial charge in [-0.1, -0.05) is 0 Å². The van der Waals surface area contributed by atoms with Gasteiger partial charge < -0.3 is 10.2 Å². The van der Waals surface area contributed by atoms with Gasteiger partial charge in [0, 0.05) is 25.7 Å². The Kier molecular flexibility index (Phi) is 3.68. The zero-order chi connectivity index (χ0) is 13.3. The molecular formula is C13H19F2N3. The molecular weight excluding hydrogens is 236 g/mol. The largest absolute Gasteiger partial charge is 0.368 e. The lowest BCUT2D eigenvalue weighted by atomic mass is 10.2. The van der Waals surface area contributed by atoms with E-state index in [2.05, 4.69) is 17.2 Å². The number of aromatic nitrogens is 1. The maximum absolute atomic E-state index is 13.8. The predicted octanol–water partition coefficient (Wildman–Crippen LogP) is 3.03. The molecule has 5 heteroatoms. The molecule has 0 aromatic carbocycles. The molecule has 0 saturated heterocycles. The molecule has 1 N–H and O–H groups in total. The van der Waals surface area contributed by atoms with Crippen molar-refractivity contribution in [2.45, 2.75) is 32.7 Å². The van der Waals surface area contributed by atoms with Gasteiger partial charge in [0.05, 0.1) is 0 Å². The number of anilines is 2. The minimum Gasteiger partial charge on any atom is -0.368 e. The fraction of sp³-hybridized carbons (Fsp3) is 0.615. The summed E-state index contributed by atoms with van der Waals surface area (Å²) >= 11 is 0. The highest BCUT2D eigenvalue weighted by molar-refractivity contribution is 5.49. The van der Waals surface area contributed by atoms with Crippen LogP contribution in [0.1, 0.15) is 26.7 Å². The van der Waals surface area contributed by atoms with Crippen LogP contribution in [-0.4, -0.2) is 24.6 Å². The van der Waals surface area contributed by atoms with Crippen molar-refractivity contribution in [1.29, 1.82) is 0 Å². The summed E-state index contributed by atoms with van der Waals surface area (Å²) in [4.78, 5) is 5.86. The maximum atomic E-state index is 13.8. The van der Waals surface area contributed by atoms with Gasteiger partial charge in [0.1, 0.15) is 0 Å². The summed E-state index contributed by atoms with van der Waals surface area (Å²) in [5, 5.41) is 2.80. The molecule has 0 spiro atoms. The first-order valence-electron chi connectivity index (χ1n) is 6.37. The first-order chi connectivity index (χ1) is 8.54. The lowest BCUT2D eigenvalue weighted by Crippen LogP contribution is -2.32. The van der Waals surface area contributed by atoms with Crippen LogP contribution in [0.3, 0.4) is 0 Å².